The van der Waals surface area contributed by atoms with E-state index in [4.69, 9.17) is 10.2 Å². The van der Waals surface area contributed by atoms with Gasteiger partial charge in [-0.25, -0.2) is 0 Å². The number of halogens is 1. The number of thioether (sulfide) groups is 1. The van der Waals surface area contributed by atoms with Gasteiger partial charge in [0.15, 0.2) is 10.1 Å². The van der Waals surface area contributed by atoms with E-state index in [9.17, 15) is 14.9 Å². The summed E-state index contributed by atoms with van der Waals surface area (Å²) in [5.41, 5.74) is 9.75. The summed E-state index contributed by atoms with van der Waals surface area (Å²) in [4.78, 5) is 27.3. The smallest absolute Gasteiger partial charge is 0.234 e. The Hall–Kier alpha value is -3.15. The lowest BCUT2D eigenvalue weighted by Gasteiger charge is -2.37. The molecule has 2 aliphatic rings. The van der Waals surface area contributed by atoms with Gasteiger partial charge in [0.2, 0.25) is 11.0 Å². The Kier molecular flexibility index (Phi) is 7.36. The number of hydrogen-bond donors (Lipinski definition) is 2. The van der Waals surface area contributed by atoms with Gasteiger partial charge >= 0.3 is 0 Å². The maximum atomic E-state index is 13.1. The summed E-state index contributed by atoms with van der Waals surface area (Å²) >= 11 is 4.75. The van der Waals surface area contributed by atoms with Gasteiger partial charge < -0.3 is 15.5 Å². The molecule has 0 spiro atoms. The Bertz CT molecular complexity index is 1490. The standard InChI is InChI=1S/C25H21IN6O3S2/c1-13-10-14(26)7-8-16(13)29-20(34)12-36-25-31-30-24(37-25)32-17-4-2-5-18(33)22(17)21(15(11-27)23(32)28)19-6-3-9-35-19/h3,6-10,21H,2,4-5,12,28H2,1H3,(H,29,34). The first-order chi connectivity index (χ1) is 17.9. The Morgan fingerprint density at radius 3 is 2.95 bits per heavy atom. The van der Waals surface area contributed by atoms with E-state index in [1.807, 2.05) is 25.1 Å². The predicted octanol–water partition coefficient (Wildman–Crippen LogP) is 5.08. The van der Waals surface area contributed by atoms with Crippen LogP contribution in [0.15, 0.2) is 68.0 Å². The van der Waals surface area contributed by atoms with Crippen LogP contribution in [0, 0.1) is 21.8 Å². The van der Waals surface area contributed by atoms with Gasteiger partial charge in [0.05, 0.1) is 29.6 Å². The van der Waals surface area contributed by atoms with Gasteiger partial charge in [-0.1, -0.05) is 23.1 Å². The molecule has 5 rings (SSSR count). The molecule has 3 N–H and O–H groups in total. The summed E-state index contributed by atoms with van der Waals surface area (Å²) in [6.45, 7) is 1.95. The molecule has 1 atom stereocenters. The Labute approximate surface area is 234 Å². The number of carbonyl (C=O) groups is 2. The third-order valence-electron chi connectivity index (χ3n) is 6.12. The number of Topliss-reactive ketones (excluding diaryl/α,β-unsaturated/α-hetero) is 1. The highest BCUT2D eigenvalue weighted by atomic mass is 127. The first-order valence-electron chi connectivity index (χ1n) is 11.4. The maximum Gasteiger partial charge on any atom is 0.234 e. The van der Waals surface area contributed by atoms with Crippen molar-refractivity contribution in [3.05, 3.63) is 74.2 Å². The lowest BCUT2D eigenvalue weighted by molar-refractivity contribution is -0.116. The molecule has 2 aromatic heterocycles. The molecule has 1 aliphatic carbocycles. The number of nitrogens with zero attached hydrogens (tertiary/aromatic N) is 4. The highest BCUT2D eigenvalue weighted by molar-refractivity contribution is 14.1. The topological polar surface area (TPSA) is 138 Å². The SMILES string of the molecule is Cc1cc(I)ccc1NC(=O)CSc1nnc(N2C(N)=C(C#N)C(c3ccco3)C3=C2CCCC3=O)s1. The van der Waals surface area contributed by atoms with Crippen LogP contribution < -0.4 is 16.0 Å². The predicted molar refractivity (Wildman–Crippen MR) is 150 cm³/mol. The van der Waals surface area contributed by atoms with E-state index in [1.54, 1.807) is 17.0 Å². The van der Waals surface area contributed by atoms with E-state index >= 15 is 0 Å². The second-order valence-electron chi connectivity index (χ2n) is 8.48. The normalized spacial score (nSPS) is 17.6. The van der Waals surface area contributed by atoms with Crippen molar-refractivity contribution < 1.29 is 14.0 Å². The number of nitrogens with one attached hydrogen (secondary N) is 1. The van der Waals surface area contributed by atoms with E-state index in [-0.39, 0.29) is 28.8 Å². The van der Waals surface area contributed by atoms with Gasteiger partial charge in [-0.15, -0.1) is 10.2 Å². The van der Waals surface area contributed by atoms with Crippen LogP contribution in [0.25, 0.3) is 0 Å². The van der Waals surface area contributed by atoms with Crippen molar-refractivity contribution in [1.29, 1.82) is 5.26 Å². The van der Waals surface area contributed by atoms with Crippen molar-refractivity contribution in [3.63, 3.8) is 0 Å². The molecule has 0 radical (unpaired) electrons. The fraction of sp³-hybridized carbons (Fsp3) is 0.240. The Morgan fingerprint density at radius 2 is 2.22 bits per heavy atom. The number of benzene rings is 1. The van der Waals surface area contributed by atoms with Crippen LogP contribution in [-0.4, -0.2) is 27.6 Å². The largest absolute Gasteiger partial charge is 0.468 e. The number of ketones is 1. The summed E-state index contributed by atoms with van der Waals surface area (Å²) in [5, 5.41) is 21.9. The fourth-order valence-corrected chi connectivity index (χ4v) is 6.80. The number of nitrogens with two attached hydrogens (primary N) is 1. The molecule has 0 saturated heterocycles. The Morgan fingerprint density at radius 1 is 1.38 bits per heavy atom. The first-order valence-corrected chi connectivity index (χ1v) is 14.3. The lowest BCUT2D eigenvalue weighted by Crippen LogP contribution is -2.38. The fourth-order valence-electron chi connectivity index (χ4n) is 4.48. The summed E-state index contributed by atoms with van der Waals surface area (Å²) in [5.74, 6) is 0.0342. The highest BCUT2D eigenvalue weighted by Gasteiger charge is 2.42. The number of rotatable bonds is 6. The number of nitriles is 1. The number of allylic oxidation sites excluding steroid dienone is 3. The van der Waals surface area contributed by atoms with Crippen molar-refractivity contribution >= 4 is 68.2 Å². The minimum Gasteiger partial charge on any atom is -0.468 e. The molecule has 3 heterocycles. The summed E-state index contributed by atoms with van der Waals surface area (Å²) in [6, 6.07) is 11.5. The minimum absolute atomic E-state index is 0.0328. The molecule has 1 amide bonds. The molecule has 37 heavy (non-hydrogen) atoms. The van der Waals surface area contributed by atoms with Gasteiger partial charge in [-0.2, -0.15) is 5.26 Å². The maximum absolute atomic E-state index is 13.1. The van der Waals surface area contributed by atoms with E-state index in [0.717, 1.165) is 14.8 Å². The molecule has 1 aromatic carbocycles. The number of furan rings is 1. The first kappa shape index (κ1) is 25.5. The second-order valence-corrected chi connectivity index (χ2v) is 11.9. The van der Waals surface area contributed by atoms with Gasteiger partial charge in [0.25, 0.3) is 0 Å². The second kappa shape index (κ2) is 10.7. The Balaban J connectivity index is 1.39. The van der Waals surface area contributed by atoms with Crippen LogP contribution in [0.4, 0.5) is 10.8 Å². The summed E-state index contributed by atoms with van der Waals surface area (Å²) < 4.78 is 7.27. The van der Waals surface area contributed by atoms with Crippen molar-refractivity contribution in [2.75, 3.05) is 16.0 Å². The number of carbonyl (C=O) groups excluding carboxylic acids is 2. The van der Waals surface area contributed by atoms with Crippen LogP contribution in [0.2, 0.25) is 0 Å². The number of aryl methyl sites for hydroxylation is 1. The van der Waals surface area contributed by atoms with E-state index in [1.165, 1.54) is 29.4 Å². The molecule has 3 aromatic rings. The summed E-state index contributed by atoms with van der Waals surface area (Å²) in [7, 11) is 0. The molecule has 0 bridgehead atoms. The zero-order valence-electron chi connectivity index (χ0n) is 19.7. The van der Waals surface area contributed by atoms with E-state index < -0.39 is 5.92 Å². The number of anilines is 2. The summed E-state index contributed by atoms with van der Waals surface area (Å²) in [6.07, 6.45) is 3.20. The molecule has 188 valence electrons. The third-order valence-corrected chi connectivity index (χ3v) is 8.83. The molecular formula is C25H21IN6O3S2. The van der Waals surface area contributed by atoms with E-state index in [0.29, 0.717) is 45.8 Å². The number of aromatic nitrogens is 2. The van der Waals surface area contributed by atoms with Crippen LogP contribution in [0.1, 0.15) is 36.5 Å². The van der Waals surface area contributed by atoms with Crippen molar-refractivity contribution in [2.45, 2.75) is 36.4 Å². The minimum atomic E-state index is -0.644. The molecule has 1 unspecified atom stereocenters. The zero-order chi connectivity index (χ0) is 26.1. The van der Waals surface area contributed by atoms with E-state index in [2.05, 4.69) is 44.2 Å². The quantitative estimate of drug-likeness (QED) is 0.278. The van der Waals surface area contributed by atoms with Crippen molar-refractivity contribution in [1.82, 2.24) is 10.2 Å². The van der Waals surface area contributed by atoms with Gasteiger partial charge in [0.1, 0.15) is 11.6 Å². The van der Waals surface area contributed by atoms with Gasteiger partial charge in [-0.3, -0.25) is 14.5 Å². The highest BCUT2D eigenvalue weighted by Crippen LogP contribution is 2.47. The van der Waals surface area contributed by atoms with Crippen molar-refractivity contribution in [2.24, 2.45) is 5.73 Å². The average Bonchev–Trinajstić information content (AvgIpc) is 3.56. The van der Waals surface area contributed by atoms with Gasteiger partial charge in [0, 0.05) is 26.9 Å². The molecule has 0 fully saturated rings. The van der Waals surface area contributed by atoms with Crippen LogP contribution in [0.5, 0.6) is 0 Å². The zero-order valence-corrected chi connectivity index (χ0v) is 23.4. The van der Waals surface area contributed by atoms with Crippen molar-refractivity contribution in [3.8, 4) is 6.07 Å². The third kappa shape index (κ3) is 5.03. The lowest BCUT2D eigenvalue weighted by atomic mass is 9.78. The number of hydrogen-bond acceptors (Lipinski definition) is 10. The molecular weight excluding hydrogens is 623 g/mol. The molecule has 1 aliphatic heterocycles. The average molecular weight is 645 g/mol. The molecule has 9 nitrogen and oxygen atoms in total. The number of amides is 1. The van der Waals surface area contributed by atoms with Crippen LogP contribution >= 0.6 is 45.7 Å². The van der Waals surface area contributed by atoms with Crippen LogP contribution in [0.3, 0.4) is 0 Å². The van der Waals surface area contributed by atoms with Gasteiger partial charge in [-0.05, 0) is 78.3 Å². The molecule has 12 heteroatoms. The molecule has 0 saturated carbocycles. The van der Waals surface area contributed by atoms with Crippen LogP contribution in [-0.2, 0) is 9.59 Å². The monoisotopic (exact) mass is 644 g/mol.